The number of nitrogens with zero attached hydrogens (tertiary/aromatic N) is 6. The van der Waals surface area contributed by atoms with Gasteiger partial charge in [-0.2, -0.15) is 14.9 Å². The predicted molar refractivity (Wildman–Crippen MR) is 89.7 cm³/mol. The van der Waals surface area contributed by atoms with E-state index in [9.17, 15) is 0 Å². The maximum atomic E-state index is 9.15. The first-order chi connectivity index (χ1) is 11.2. The first-order valence-corrected chi connectivity index (χ1v) is 7.79. The average Bonchev–Trinajstić information content (AvgIpc) is 2.96. The summed E-state index contributed by atoms with van der Waals surface area (Å²) in [5, 5.41) is 14.8. The Bertz CT molecular complexity index is 928. The lowest BCUT2D eigenvalue weighted by atomic mass is 10.1. The Balaban J connectivity index is 1.95. The number of hydrogen-bond acceptors (Lipinski definition) is 5. The molecule has 1 aliphatic heterocycles. The lowest BCUT2D eigenvalue weighted by Gasteiger charge is -2.33. The minimum Gasteiger partial charge on any atom is -0.338 e. The second kappa shape index (κ2) is 5.21. The maximum absolute atomic E-state index is 9.15. The number of piperazine rings is 1. The van der Waals surface area contributed by atoms with Gasteiger partial charge in [0.1, 0.15) is 0 Å². The summed E-state index contributed by atoms with van der Waals surface area (Å²) in [5.74, 6) is 0.887. The average molecular weight is 306 g/mol. The first kappa shape index (κ1) is 14.0. The van der Waals surface area contributed by atoms with Gasteiger partial charge in [0, 0.05) is 31.6 Å². The Kier molecular flexibility index (Phi) is 3.17. The molecule has 23 heavy (non-hydrogen) atoms. The molecule has 0 unspecified atom stereocenters. The van der Waals surface area contributed by atoms with Gasteiger partial charge in [0.15, 0.2) is 0 Å². The SMILES string of the molecule is Cc1cc2c3cc(C#N)ccc3nc(N3CCN(C)CC3)n2n1. The number of hydrogen-bond donors (Lipinski definition) is 0. The van der Waals surface area contributed by atoms with Crippen molar-refractivity contribution in [2.75, 3.05) is 38.1 Å². The summed E-state index contributed by atoms with van der Waals surface area (Å²) in [4.78, 5) is 9.45. The highest BCUT2D eigenvalue weighted by atomic mass is 15.4. The van der Waals surface area contributed by atoms with Crippen LogP contribution in [-0.4, -0.2) is 52.7 Å². The van der Waals surface area contributed by atoms with E-state index in [4.69, 9.17) is 10.2 Å². The van der Waals surface area contributed by atoms with Crippen molar-refractivity contribution in [1.82, 2.24) is 19.5 Å². The van der Waals surface area contributed by atoms with Crippen LogP contribution in [0, 0.1) is 18.3 Å². The van der Waals surface area contributed by atoms with E-state index in [0.717, 1.165) is 54.2 Å². The Labute approximate surface area is 134 Å². The number of aryl methyl sites for hydroxylation is 1. The zero-order valence-electron chi connectivity index (χ0n) is 13.3. The minimum absolute atomic E-state index is 0.646. The number of fused-ring (bicyclic) bond motifs is 3. The van der Waals surface area contributed by atoms with E-state index in [1.165, 1.54) is 0 Å². The van der Waals surface area contributed by atoms with Crippen LogP contribution >= 0.6 is 0 Å². The summed E-state index contributed by atoms with van der Waals surface area (Å²) in [6, 6.07) is 9.90. The molecule has 1 saturated heterocycles. The molecular formula is C17H18N6. The van der Waals surface area contributed by atoms with Crippen LogP contribution < -0.4 is 4.90 Å². The summed E-state index contributed by atoms with van der Waals surface area (Å²) in [6.45, 7) is 5.92. The van der Waals surface area contributed by atoms with Gasteiger partial charge in [0.05, 0.1) is 28.4 Å². The molecule has 6 nitrogen and oxygen atoms in total. The van der Waals surface area contributed by atoms with Gasteiger partial charge < -0.3 is 9.80 Å². The van der Waals surface area contributed by atoms with Crippen molar-refractivity contribution in [3.8, 4) is 6.07 Å². The third kappa shape index (κ3) is 2.30. The van der Waals surface area contributed by atoms with Crippen molar-refractivity contribution in [2.24, 2.45) is 0 Å². The number of anilines is 1. The second-order valence-electron chi connectivity index (χ2n) is 6.13. The molecule has 0 bridgehead atoms. The summed E-state index contributed by atoms with van der Waals surface area (Å²) in [6.07, 6.45) is 0. The Hall–Kier alpha value is -2.65. The van der Waals surface area contributed by atoms with E-state index >= 15 is 0 Å². The van der Waals surface area contributed by atoms with E-state index in [1.807, 2.05) is 29.6 Å². The largest absolute Gasteiger partial charge is 0.338 e. The van der Waals surface area contributed by atoms with Crippen LogP contribution in [0.5, 0.6) is 0 Å². The predicted octanol–water partition coefficient (Wildman–Crippen LogP) is 1.81. The Morgan fingerprint density at radius 3 is 2.65 bits per heavy atom. The third-order valence-corrected chi connectivity index (χ3v) is 4.43. The molecule has 0 spiro atoms. The van der Waals surface area contributed by atoms with Gasteiger partial charge >= 0.3 is 0 Å². The highest BCUT2D eigenvalue weighted by Crippen LogP contribution is 2.26. The quantitative estimate of drug-likeness (QED) is 0.686. The van der Waals surface area contributed by atoms with Crippen molar-refractivity contribution >= 4 is 22.4 Å². The molecular weight excluding hydrogens is 288 g/mol. The van der Waals surface area contributed by atoms with Gasteiger partial charge in [0.25, 0.3) is 0 Å². The van der Waals surface area contributed by atoms with E-state index in [2.05, 4.69) is 34.1 Å². The summed E-state index contributed by atoms with van der Waals surface area (Å²) in [7, 11) is 2.14. The molecule has 2 aromatic heterocycles. The normalized spacial score (nSPS) is 16.1. The van der Waals surface area contributed by atoms with E-state index < -0.39 is 0 Å². The molecule has 0 aliphatic carbocycles. The van der Waals surface area contributed by atoms with Crippen LogP contribution in [0.3, 0.4) is 0 Å². The first-order valence-electron chi connectivity index (χ1n) is 7.79. The fourth-order valence-corrected chi connectivity index (χ4v) is 3.12. The van der Waals surface area contributed by atoms with E-state index in [1.54, 1.807) is 0 Å². The van der Waals surface area contributed by atoms with Crippen LogP contribution in [0.25, 0.3) is 16.4 Å². The van der Waals surface area contributed by atoms with Crippen molar-refractivity contribution < 1.29 is 0 Å². The molecule has 0 atom stereocenters. The summed E-state index contributed by atoms with van der Waals surface area (Å²) < 4.78 is 1.92. The Morgan fingerprint density at radius 2 is 1.91 bits per heavy atom. The van der Waals surface area contributed by atoms with Crippen molar-refractivity contribution in [3.63, 3.8) is 0 Å². The molecule has 0 saturated carbocycles. The lowest BCUT2D eigenvalue weighted by molar-refractivity contribution is 0.310. The van der Waals surface area contributed by atoms with E-state index in [-0.39, 0.29) is 0 Å². The molecule has 0 radical (unpaired) electrons. The topological polar surface area (TPSA) is 60.5 Å². The smallest absolute Gasteiger partial charge is 0.227 e. The van der Waals surface area contributed by atoms with Crippen LogP contribution in [0.2, 0.25) is 0 Å². The second-order valence-corrected chi connectivity index (χ2v) is 6.13. The zero-order chi connectivity index (χ0) is 16.0. The highest BCUT2D eigenvalue weighted by molar-refractivity contribution is 5.95. The van der Waals surface area contributed by atoms with Crippen LogP contribution in [0.4, 0.5) is 5.95 Å². The van der Waals surface area contributed by atoms with Gasteiger partial charge in [-0.3, -0.25) is 0 Å². The molecule has 116 valence electrons. The number of benzene rings is 1. The fourth-order valence-electron chi connectivity index (χ4n) is 3.12. The van der Waals surface area contributed by atoms with Gasteiger partial charge in [-0.05, 0) is 38.2 Å². The van der Waals surface area contributed by atoms with E-state index in [0.29, 0.717) is 5.56 Å². The minimum atomic E-state index is 0.646. The molecule has 0 amide bonds. The van der Waals surface area contributed by atoms with Gasteiger partial charge in [-0.1, -0.05) is 0 Å². The highest BCUT2D eigenvalue weighted by Gasteiger charge is 2.20. The fraction of sp³-hybridized carbons (Fsp3) is 0.353. The molecule has 1 fully saturated rings. The monoisotopic (exact) mass is 306 g/mol. The summed E-state index contributed by atoms with van der Waals surface area (Å²) in [5.41, 5.74) is 3.52. The van der Waals surface area contributed by atoms with Crippen LogP contribution in [0.1, 0.15) is 11.3 Å². The third-order valence-electron chi connectivity index (χ3n) is 4.43. The molecule has 3 heterocycles. The van der Waals surface area contributed by atoms with Crippen molar-refractivity contribution in [2.45, 2.75) is 6.92 Å². The maximum Gasteiger partial charge on any atom is 0.227 e. The molecule has 1 aromatic carbocycles. The molecule has 0 N–H and O–H groups in total. The number of nitriles is 1. The molecule has 6 heteroatoms. The van der Waals surface area contributed by atoms with Crippen LogP contribution in [-0.2, 0) is 0 Å². The molecule has 3 aromatic rings. The van der Waals surface area contributed by atoms with Gasteiger partial charge in [-0.15, -0.1) is 0 Å². The number of likely N-dealkylation sites (N-methyl/N-ethyl adjacent to an activating group) is 1. The zero-order valence-corrected chi connectivity index (χ0v) is 13.3. The lowest BCUT2D eigenvalue weighted by Crippen LogP contribution is -2.45. The number of aromatic nitrogens is 3. The molecule has 1 aliphatic rings. The standard InChI is InChI=1S/C17H18N6/c1-12-9-16-14-10-13(11-18)3-4-15(14)19-17(23(16)20-12)22-7-5-21(2)6-8-22/h3-4,9-10H,5-8H2,1-2H3. The Morgan fingerprint density at radius 1 is 1.13 bits per heavy atom. The van der Waals surface area contributed by atoms with Crippen LogP contribution in [0.15, 0.2) is 24.3 Å². The molecule has 4 rings (SSSR count). The van der Waals surface area contributed by atoms with Crippen molar-refractivity contribution in [1.29, 1.82) is 5.26 Å². The van der Waals surface area contributed by atoms with Crippen molar-refractivity contribution in [3.05, 3.63) is 35.5 Å². The number of rotatable bonds is 1. The van der Waals surface area contributed by atoms with Gasteiger partial charge in [-0.25, -0.2) is 4.98 Å². The van der Waals surface area contributed by atoms with Gasteiger partial charge in [0.2, 0.25) is 5.95 Å². The summed E-state index contributed by atoms with van der Waals surface area (Å²) >= 11 is 0.